The monoisotopic (exact) mass is 740 g/mol. The van der Waals surface area contributed by atoms with Crippen LogP contribution in [0.1, 0.15) is 38.7 Å². The number of hydrogen-bond acceptors (Lipinski definition) is 7. The Labute approximate surface area is 300 Å². The number of halogens is 5. The Balaban J connectivity index is 0.00000135. The topological polar surface area (TPSA) is 127 Å². The van der Waals surface area contributed by atoms with E-state index in [1.807, 2.05) is 43.3 Å². The molecule has 0 saturated carbocycles. The second-order valence-corrected chi connectivity index (χ2v) is 11.6. The number of nitrogens with one attached hydrogen (secondary N) is 4. The molecule has 0 radical (unpaired) electrons. The maximum Gasteiger partial charge on any atom is 0.407 e. The SMILES string of the molecule is C\C=C(NC(=O)[C@H](Cc1ccc(Cl)cc1)NC(=O)OC)/C(CC[C@@H]1CN[C@H](COC(=O)NCC(F)(F)F)CO1)=C(F)\C=C\CC.c1ccccc1. The number of hydrogen-bond donors (Lipinski definition) is 4. The zero-order chi connectivity index (χ0) is 37.6. The number of amides is 3. The molecule has 280 valence electrons. The second-order valence-electron chi connectivity index (χ2n) is 11.2. The van der Waals surface area contributed by atoms with E-state index in [0.717, 1.165) is 5.56 Å². The molecular formula is C36H45ClF4N4O6. The number of allylic oxidation sites excluding steroid dienone is 5. The predicted molar refractivity (Wildman–Crippen MR) is 187 cm³/mol. The van der Waals surface area contributed by atoms with E-state index in [1.165, 1.54) is 13.2 Å². The molecule has 10 nitrogen and oxygen atoms in total. The van der Waals surface area contributed by atoms with Gasteiger partial charge < -0.3 is 35.5 Å². The Morgan fingerprint density at radius 1 is 1.08 bits per heavy atom. The van der Waals surface area contributed by atoms with Gasteiger partial charge in [-0.2, -0.15) is 13.2 Å². The van der Waals surface area contributed by atoms with Crippen molar-refractivity contribution in [2.45, 2.75) is 63.9 Å². The minimum absolute atomic E-state index is 0.104. The quantitative estimate of drug-likeness (QED) is 0.122. The van der Waals surface area contributed by atoms with E-state index in [2.05, 4.69) is 20.7 Å². The molecule has 1 fully saturated rings. The molecule has 0 spiro atoms. The highest BCUT2D eigenvalue weighted by atomic mass is 35.5. The Morgan fingerprint density at radius 2 is 1.73 bits per heavy atom. The second kappa shape index (κ2) is 23.1. The lowest BCUT2D eigenvalue weighted by Gasteiger charge is -2.30. The van der Waals surface area contributed by atoms with Crippen LogP contribution in [-0.4, -0.2) is 75.9 Å². The first-order valence-corrected chi connectivity index (χ1v) is 16.7. The third-order valence-corrected chi connectivity index (χ3v) is 7.46. The molecular weight excluding hydrogens is 696 g/mol. The summed E-state index contributed by atoms with van der Waals surface area (Å²) in [6, 6.07) is 17.3. The number of benzene rings is 2. The van der Waals surface area contributed by atoms with Gasteiger partial charge in [-0.3, -0.25) is 4.79 Å². The minimum Gasteiger partial charge on any atom is -0.453 e. The van der Waals surface area contributed by atoms with Gasteiger partial charge in [-0.15, -0.1) is 0 Å². The number of carbonyl (C=O) groups is 3. The highest BCUT2D eigenvalue weighted by molar-refractivity contribution is 6.30. The van der Waals surface area contributed by atoms with E-state index < -0.39 is 48.7 Å². The Bertz CT molecular complexity index is 1420. The van der Waals surface area contributed by atoms with Crippen LogP contribution < -0.4 is 21.3 Å². The normalized spacial score (nSPS) is 17.3. The fourth-order valence-electron chi connectivity index (χ4n) is 4.56. The van der Waals surface area contributed by atoms with Crippen molar-refractivity contribution in [2.24, 2.45) is 0 Å². The van der Waals surface area contributed by atoms with Crippen LogP contribution in [0.25, 0.3) is 0 Å². The van der Waals surface area contributed by atoms with E-state index >= 15 is 4.39 Å². The molecule has 0 bridgehead atoms. The van der Waals surface area contributed by atoms with Crippen molar-refractivity contribution in [1.29, 1.82) is 0 Å². The molecule has 3 rings (SSSR count). The molecule has 15 heteroatoms. The molecule has 0 aromatic heterocycles. The summed E-state index contributed by atoms with van der Waals surface area (Å²) < 4.78 is 67.4. The smallest absolute Gasteiger partial charge is 0.407 e. The predicted octanol–water partition coefficient (Wildman–Crippen LogP) is 6.93. The Kier molecular flexibility index (Phi) is 19.4. The summed E-state index contributed by atoms with van der Waals surface area (Å²) in [4.78, 5) is 36.9. The van der Waals surface area contributed by atoms with Crippen LogP contribution >= 0.6 is 11.6 Å². The van der Waals surface area contributed by atoms with Crippen LogP contribution in [0.2, 0.25) is 5.02 Å². The van der Waals surface area contributed by atoms with Crippen LogP contribution in [0.5, 0.6) is 0 Å². The van der Waals surface area contributed by atoms with Crippen molar-refractivity contribution in [3.63, 3.8) is 0 Å². The van der Waals surface area contributed by atoms with Gasteiger partial charge in [0.05, 0.1) is 25.9 Å². The maximum absolute atomic E-state index is 15.4. The fourth-order valence-corrected chi connectivity index (χ4v) is 4.69. The van der Waals surface area contributed by atoms with Gasteiger partial charge in [0.15, 0.2) is 0 Å². The van der Waals surface area contributed by atoms with Gasteiger partial charge in [-0.25, -0.2) is 14.0 Å². The Hall–Kier alpha value is -4.40. The van der Waals surface area contributed by atoms with E-state index in [9.17, 15) is 27.6 Å². The van der Waals surface area contributed by atoms with Gasteiger partial charge in [0.2, 0.25) is 5.91 Å². The van der Waals surface area contributed by atoms with Crippen molar-refractivity contribution in [3.8, 4) is 0 Å². The standard InChI is InChI=1S/C30H39ClF4N4O6.C6H6/c1-4-6-7-24(32)23(13-12-22-15-36-21(16-44-22)17-45-28(41)37-18-30(33,34)35)25(5-2)38-27(40)26(39-29(42)43-3)14-19-8-10-20(31)11-9-19;1-2-4-6-5-3-1/h5-11,21-22,26,36H,4,12-18H2,1-3H3,(H,37,41)(H,38,40)(H,39,42);1-6H/b7-6+,24-23+,25-5+;/t21-,22+,26-;/m0./s1. The molecule has 1 aliphatic rings. The molecule has 0 aliphatic carbocycles. The first kappa shape index (κ1) is 42.8. The van der Waals surface area contributed by atoms with Crippen molar-refractivity contribution < 1.29 is 46.2 Å². The summed E-state index contributed by atoms with van der Waals surface area (Å²) in [5, 5.41) is 10.5. The number of carbonyl (C=O) groups excluding carboxylic acids is 3. The lowest BCUT2D eigenvalue weighted by molar-refractivity contribution is -0.124. The number of morpholine rings is 1. The van der Waals surface area contributed by atoms with Gasteiger partial charge in [0.25, 0.3) is 0 Å². The van der Waals surface area contributed by atoms with Crippen LogP contribution in [0, 0.1) is 0 Å². The highest BCUT2D eigenvalue weighted by Gasteiger charge is 2.29. The number of methoxy groups -OCH3 is 1. The molecule has 3 atom stereocenters. The fraction of sp³-hybridized carbons (Fsp3) is 0.417. The van der Waals surface area contributed by atoms with Gasteiger partial charge in [0, 0.05) is 29.3 Å². The van der Waals surface area contributed by atoms with Crippen LogP contribution in [0.4, 0.5) is 27.2 Å². The van der Waals surface area contributed by atoms with Crippen LogP contribution in [0.3, 0.4) is 0 Å². The zero-order valence-electron chi connectivity index (χ0n) is 28.7. The van der Waals surface area contributed by atoms with Gasteiger partial charge in [-0.05, 0) is 50.0 Å². The Morgan fingerprint density at radius 3 is 2.25 bits per heavy atom. The van der Waals surface area contributed by atoms with E-state index in [1.54, 1.807) is 48.7 Å². The minimum atomic E-state index is -4.55. The summed E-state index contributed by atoms with van der Waals surface area (Å²) in [6.45, 7) is 2.20. The molecule has 1 heterocycles. The molecule has 1 aliphatic heterocycles. The number of rotatable bonds is 14. The summed E-state index contributed by atoms with van der Waals surface area (Å²) in [5.74, 6) is -1.15. The number of ether oxygens (including phenoxy) is 3. The zero-order valence-corrected chi connectivity index (χ0v) is 29.5. The molecule has 51 heavy (non-hydrogen) atoms. The van der Waals surface area contributed by atoms with Gasteiger partial charge >= 0.3 is 18.4 Å². The number of alkyl carbamates (subject to hydrolysis) is 2. The molecule has 3 amide bonds. The molecule has 1 saturated heterocycles. The van der Waals surface area contributed by atoms with Crippen molar-refractivity contribution in [2.75, 3.05) is 33.4 Å². The average molecular weight is 741 g/mol. The molecule has 4 N–H and O–H groups in total. The van der Waals surface area contributed by atoms with E-state index in [0.29, 0.717) is 24.4 Å². The van der Waals surface area contributed by atoms with Gasteiger partial charge in [0.1, 0.15) is 25.0 Å². The lowest BCUT2D eigenvalue weighted by atomic mass is 10.00. The maximum atomic E-state index is 15.4. The van der Waals surface area contributed by atoms with Crippen LogP contribution in [-0.2, 0) is 25.4 Å². The third kappa shape index (κ3) is 17.9. The van der Waals surface area contributed by atoms with Crippen molar-refractivity contribution >= 4 is 29.7 Å². The largest absolute Gasteiger partial charge is 0.453 e. The third-order valence-electron chi connectivity index (χ3n) is 7.21. The summed E-state index contributed by atoms with van der Waals surface area (Å²) in [6.07, 6.45) is -1.21. The van der Waals surface area contributed by atoms with Crippen LogP contribution in [0.15, 0.2) is 96.0 Å². The molecule has 2 aromatic carbocycles. The summed E-state index contributed by atoms with van der Waals surface area (Å²) >= 11 is 5.96. The van der Waals surface area contributed by atoms with E-state index in [4.69, 9.17) is 21.1 Å². The molecule has 0 unspecified atom stereocenters. The number of alkyl halides is 3. The summed E-state index contributed by atoms with van der Waals surface area (Å²) in [7, 11) is 1.17. The van der Waals surface area contributed by atoms with E-state index in [-0.39, 0.29) is 43.4 Å². The van der Waals surface area contributed by atoms with Crippen molar-refractivity contribution in [3.05, 3.63) is 107 Å². The van der Waals surface area contributed by atoms with Gasteiger partial charge in [-0.1, -0.05) is 79.2 Å². The first-order valence-electron chi connectivity index (χ1n) is 16.3. The molecule has 2 aromatic rings. The lowest BCUT2D eigenvalue weighted by Crippen LogP contribution is -2.49. The highest BCUT2D eigenvalue weighted by Crippen LogP contribution is 2.24. The first-order chi connectivity index (χ1) is 24.3. The van der Waals surface area contributed by atoms with Crippen molar-refractivity contribution in [1.82, 2.24) is 21.3 Å². The summed E-state index contributed by atoms with van der Waals surface area (Å²) in [5.41, 5.74) is 1.15. The average Bonchev–Trinajstić information content (AvgIpc) is 3.13.